The molecule has 0 amide bonds. The van der Waals surface area contributed by atoms with E-state index in [1.54, 1.807) is 40.7 Å². The lowest BCUT2D eigenvalue weighted by Gasteiger charge is -2.22. The van der Waals surface area contributed by atoms with Crippen molar-refractivity contribution < 1.29 is 17.9 Å². The van der Waals surface area contributed by atoms with Crippen LogP contribution < -0.4 is 10.6 Å². The number of hydrogen-bond donors (Lipinski definition) is 3. The number of rotatable bonds is 7. The number of furan rings is 1. The van der Waals surface area contributed by atoms with Crippen molar-refractivity contribution in [1.29, 1.82) is 0 Å². The van der Waals surface area contributed by atoms with Gasteiger partial charge in [-0.15, -0.1) is 0 Å². The zero-order chi connectivity index (χ0) is 20.2. The van der Waals surface area contributed by atoms with E-state index in [2.05, 4.69) is 15.6 Å². The number of sulfone groups is 1. The molecule has 1 aromatic rings. The first-order valence-electron chi connectivity index (χ1n) is 8.84. The van der Waals surface area contributed by atoms with Gasteiger partial charge >= 0.3 is 0 Å². The van der Waals surface area contributed by atoms with Crippen LogP contribution in [-0.4, -0.2) is 49.6 Å². The number of nitrogens with one attached hydrogen (secondary N) is 2. The van der Waals surface area contributed by atoms with Gasteiger partial charge in [0.05, 0.1) is 17.0 Å². The number of aryl methyl sites for hydroxylation is 2. The molecular formula is C18H33N3O4S. The fraction of sp³-hybridized carbons (Fsp3) is 0.722. The normalized spacial score (nSPS) is 15.6. The summed E-state index contributed by atoms with van der Waals surface area (Å²) in [4.78, 5) is 4.40. The molecule has 0 radical (unpaired) electrons. The molecular weight excluding hydrogens is 354 g/mol. The molecule has 0 fully saturated rings. The van der Waals surface area contributed by atoms with Gasteiger partial charge < -0.3 is 20.2 Å². The minimum Gasteiger partial charge on any atom is -0.466 e. The van der Waals surface area contributed by atoms with Crippen molar-refractivity contribution in [2.75, 3.05) is 25.4 Å². The van der Waals surface area contributed by atoms with E-state index in [4.69, 9.17) is 4.42 Å². The molecule has 0 aliphatic heterocycles. The topological polar surface area (TPSA) is 104 Å². The Morgan fingerprint density at radius 3 is 2.31 bits per heavy atom. The standard InChI is InChI=1S/C18H33N3O4S/c1-8-19-16(20-9-10-26(23,24)17(4,5)6)21-12-18(7,22)15-11-13(2)25-14(15)3/h11,22H,8-10,12H2,1-7H3,(H2,19,20,21). The molecule has 26 heavy (non-hydrogen) atoms. The first kappa shape index (κ1) is 22.5. The van der Waals surface area contributed by atoms with Crippen molar-refractivity contribution >= 4 is 15.8 Å². The van der Waals surface area contributed by atoms with Gasteiger partial charge in [0.25, 0.3) is 0 Å². The molecule has 7 nitrogen and oxygen atoms in total. The van der Waals surface area contributed by atoms with E-state index < -0.39 is 20.2 Å². The van der Waals surface area contributed by atoms with Crippen LogP contribution in [0.2, 0.25) is 0 Å². The summed E-state index contributed by atoms with van der Waals surface area (Å²) in [5, 5.41) is 16.8. The Labute approximate surface area is 157 Å². The second-order valence-corrected chi connectivity index (χ2v) is 10.5. The highest BCUT2D eigenvalue weighted by molar-refractivity contribution is 7.92. The predicted molar refractivity (Wildman–Crippen MR) is 105 cm³/mol. The van der Waals surface area contributed by atoms with Crippen LogP contribution in [0.25, 0.3) is 0 Å². The summed E-state index contributed by atoms with van der Waals surface area (Å²) in [6.45, 7) is 13.3. The van der Waals surface area contributed by atoms with Crippen molar-refractivity contribution in [1.82, 2.24) is 10.6 Å². The molecule has 0 aromatic carbocycles. The highest BCUT2D eigenvalue weighted by Crippen LogP contribution is 2.27. The molecule has 0 aliphatic carbocycles. The minimum atomic E-state index is -3.20. The van der Waals surface area contributed by atoms with Crippen molar-refractivity contribution in [3.05, 3.63) is 23.2 Å². The van der Waals surface area contributed by atoms with Gasteiger partial charge in [0, 0.05) is 18.7 Å². The summed E-state index contributed by atoms with van der Waals surface area (Å²) in [6.07, 6.45) is 0. The molecule has 3 N–H and O–H groups in total. The van der Waals surface area contributed by atoms with Crippen molar-refractivity contribution in [2.45, 2.75) is 58.8 Å². The number of nitrogens with zero attached hydrogens (tertiary/aromatic N) is 1. The third kappa shape index (κ3) is 6.02. The Morgan fingerprint density at radius 2 is 1.85 bits per heavy atom. The van der Waals surface area contributed by atoms with Gasteiger partial charge in [0.15, 0.2) is 15.8 Å². The quantitative estimate of drug-likeness (QED) is 0.487. The smallest absolute Gasteiger partial charge is 0.191 e. The van der Waals surface area contributed by atoms with E-state index in [0.717, 1.165) is 5.76 Å². The van der Waals surface area contributed by atoms with Crippen molar-refractivity contribution in [2.24, 2.45) is 4.99 Å². The van der Waals surface area contributed by atoms with Crippen LogP contribution in [0.4, 0.5) is 0 Å². The van der Waals surface area contributed by atoms with E-state index in [-0.39, 0.29) is 18.8 Å². The summed E-state index contributed by atoms with van der Waals surface area (Å²) in [7, 11) is -3.20. The van der Waals surface area contributed by atoms with E-state index in [0.29, 0.717) is 23.8 Å². The number of guanidine groups is 1. The average molecular weight is 388 g/mol. The van der Waals surface area contributed by atoms with Crippen molar-refractivity contribution in [3.8, 4) is 0 Å². The van der Waals surface area contributed by atoms with Gasteiger partial charge in [-0.05, 0) is 54.5 Å². The largest absolute Gasteiger partial charge is 0.466 e. The van der Waals surface area contributed by atoms with Crippen molar-refractivity contribution in [3.63, 3.8) is 0 Å². The molecule has 0 bridgehead atoms. The average Bonchev–Trinajstić information content (AvgIpc) is 2.83. The third-order valence-electron chi connectivity index (χ3n) is 4.11. The second-order valence-electron chi connectivity index (χ2n) is 7.65. The van der Waals surface area contributed by atoms with Crippen LogP contribution in [0.1, 0.15) is 51.7 Å². The molecule has 1 heterocycles. The zero-order valence-electron chi connectivity index (χ0n) is 16.9. The Morgan fingerprint density at radius 1 is 1.23 bits per heavy atom. The Kier molecular flexibility index (Phi) is 7.30. The third-order valence-corrected chi connectivity index (χ3v) is 6.71. The summed E-state index contributed by atoms with van der Waals surface area (Å²) in [5.41, 5.74) is -0.480. The maximum Gasteiger partial charge on any atom is 0.191 e. The summed E-state index contributed by atoms with van der Waals surface area (Å²) < 4.78 is 29.1. The Bertz CT molecular complexity index is 728. The second kappa shape index (κ2) is 8.43. The first-order valence-corrected chi connectivity index (χ1v) is 10.5. The molecule has 1 aromatic heterocycles. The van der Waals surface area contributed by atoms with E-state index in [1.807, 2.05) is 13.8 Å². The maximum atomic E-state index is 12.2. The van der Waals surface area contributed by atoms with Gasteiger partial charge in [-0.2, -0.15) is 0 Å². The molecule has 0 saturated heterocycles. The van der Waals surface area contributed by atoms with Gasteiger partial charge in [-0.1, -0.05) is 0 Å². The van der Waals surface area contributed by atoms with Crippen LogP contribution in [-0.2, 0) is 15.4 Å². The van der Waals surface area contributed by atoms with Crippen LogP contribution in [0.15, 0.2) is 15.5 Å². The lowest BCUT2D eigenvalue weighted by Crippen LogP contribution is -2.42. The summed E-state index contributed by atoms with van der Waals surface area (Å²) in [6, 6.07) is 1.81. The molecule has 1 unspecified atom stereocenters. The maximum absolute atomic E-state index is 12.2. The van der Waals surface area contributed by atoms with E-state index in [9.17, 15) is 13.5 Å². The van der Waals surface area contributed by atoms with Crippen LogP contribution >= 0.6 is 0 Å². The predicted octanol–water partition coefficient (Wildman–Crippen LogP) is 1.87. The molecule has 0 spiro atoms. The first-order chi connectivity index (χ1) is 11.8. The molecule has 0 aliphatic rings. The molecule has 8 heteroatoms. The number of aliphatic hydroxyl groups is 1. The molecule has 1 rings (SSSR count). The Balaban J connectivity index is 2.79. The fourth-order valence-electron chi connectivity index (χ4n) is 2.44. The summed E-state index contributed by atoms with van der Waals surface area (Å²) >= 11 is 0. The van der Waals surface area contributed by atoms with Crippen LogP contribution in [0.5, 0.6) is 0 Å². The number of hydrogen-bond acceptors (Lipinski definition) is 5. The van der Waals surface area contributed by atoms with Gasteiger partial charge in [-0.3, -0.25) is 0 Å². The molecule has 0 saturated carbocycles. The monoisotopic (exact) mass is 387 g/mol. The molecule has 150 valence electrons. The lowest BCUT2D eigenvalue weighted by molar-refractivity contribution is 0.0657. The zero-order valence-corrected chi connectivity index (χ0v) is 17.7. The molecule has 1 atom stereocenters. The van der Waals surface area contributed by atoms with E-state index >= 15 is 0 Å². The van der Waals surface area contributed by atoms with Crippen LogP contribution in [0, 0.1) is 13.8 Å². The fourth-order valence-corrected chi connectivity index (χ4v) is 3.42. The lowest BCUT2D eigenvalue weighted by atomic mass is 9.96. The minimum absolute atomic E-state index is 0.0113. The highest BCUT2D eigenvalue weighted by atomic mass is 32.2. The summed E-state index contributed by atoms with van der Waals surface area (Å²) in [5.74, 6) is 1.88. The number of aliphatic imine (C=N–C) groups is 1. The van der Waals surface area contributed by atoms with Gasteiger partial charge in [-0.25, -0.2) is 13.4 Å². The highest BCUT2D eigenvalue weighted by Gasteiger charge is 2.29. The van der Waals surface area contributed by atoms with E-state index in [1.165, 1.54) is 0 Å². The van der Waals surface area contributed by atoms with Gasteiger partial charge in [0.1, 0.15) is 17.1 Å². The Hall–Kier alpha value is -1.54. The SMILES string of the molecule is CCNC(=NCC(C)(O)c1cc(C)oc1C)NCCS(=O)(=O)C(C)(C)C. The van der Waals surface area contributed by atoms with Gasteiger partial charge in [0.2, 0.25) is 0 Å². The van der Waals surface area contributed by atoms with Crippen LogP contribution in [0.3, 0.4) is 0 Å².